The monoisotopic (exact) mass is 239 g/mol. The highest BCUT2D eigenvalue weighted by molar-refractivity contribution is 14.1. The van der Waals surface area contributed by atoms with Crippen LogP contribution in [0.5, 0.6) is 0 Å². The van der Waals surface area contributed by atoms with Crippen LogP contribution in [0.25, 0.3) is 0 Å². The third-order valence-corrected chi connectivity index (χ3v) is 2.20. The van der Waals surface area contributed by atoms with Gasteiger partial charge in [-0.2, -0.15) is 0 Å². The average Bonchev–Trinajstić information content (AvgIpc) is 1.60. The van der Waals surface area contributed by atoms with E-state index in [2.05, 4.69) is 41.8 Å². The Kier molecular flexibility index (Phi) is 2.76. The second-order valence-corrected chi connectivity index (χ2v) is 4.92. The second-order valence-electron chi connectivity index (χ2n) is 3.06. The normalized spacial score (nSPS) is 37.7. The van der Waals surface area contributed by atoms with Gasteiger partial charge in [0.2, 0.25) is 0 Å². The zero-order valence-corrected chi connectivity index (χ0v) is 8.18. The summed E-state index contributed by atoms with van der Waals surface area (Å²) in [5.74, 6) is 0.970. The molecule has 1 rings (SSSR count). The Labute approximate surface area is 70.7 Å². The van der Waals surface area contributed by atoms with E-state index in [1.807, 2.05) is 0 Å². The topological polar surface area (TPSA) is 12.0 Å². The van der Waals surface area contributed by atoms with Crippen molar-refractivity contribution in [1.29, 1.82) is 0 Å². The first kappa shape index (κ1) is 7.79. The van der Waals surface area contributed by atoms with E-state index in [9.17, 15) is 0 Å². The fourth-order valence-electron chi connectivity index (χ4n) is 1.36. The highest BCUT2D eigenvalue weighted by Crippen LogP contribution is 2.26. The lowest BCUT2D eigenvalue weighted by atomic mass is 9.82. The summed E-state index contributed by atoms with van der Waals surface area (Å²) in [7, 11) is 0. The first-order chi connectivity index (χ1) is 4.18. The first-order valence-corrected chi connectivity index (χ1v) is 4.83. The van der Waals surface area contributed by atoms with Gasteiger partial charge in [0.15, 0.2) is 0 Å². The quantitative estimate of drug-likeness (QED) is 0.442. The van der Waals surface area contributed by atoms with Crippen LogP contribution in [-0.4, -0.2) is 10.1 Å². The number of hydrogen-bond acceptors (Lipinski definition) is 1. The Morgan fingerprint density at radius 3 is 2.44 bits per heavy atom. The molecule has 1 aliphatic carbocycles. The minimum Gasteiger partial charge on any atom is -0.303 e. The standard InChI is InChI=1S/C7H14IN/c1-5-3-7(4-5)9-6(2)8/h5-7,9H,3-4H2,1-2H3. The molecule has 0 aromatic heterocycles. The van der Waals surface area contributed by atoms with Crippen LogP contribution in [0.15, 0.2) is 0 Å². The number of hydrogen-bond donors (Lipinski definition) is 1. The van der Waals surface area contributed by atoms with Crippen molar-refractivity contribution in [3.8, 4) is 0 Å². The molecular weight excluding hydrogens is 225 g/mol. The van der Waals surface area contributed by atoms with E-state index in [1.165, 1.54) is 12.8 Å². The summed E-state index contributed by atoms with van der Waals surface area (Å²) >= 11 is 2.41. The lowest BCUT2D eigenvalue weighted by molar-refractivity contribution is 0.243. The third-order valence-electron chi connectivity index (χ3n) is 1.84. The molecule has 1 nitrogen and oxygen atoms in total. The van der Waals surface area contributed by atoms with Crippen LogP contribution < -0.4 is 5.32 Å². The number of nitrogens with one attached hydrogen (secondary N) is 1. The van der Waals surface area contributed by atoms with Crippen molar-refractivity contribution in [2.24, 2.45) is 5.92 Å². The van der Waals surface area contributed by atoms with Crippen LogP contribution in [-0.2, 0) is 0 Å². The zero-order chi connectivity index (χ0) is 6.85. The Bertz CT molecular complexity index is 86.9. The summed E-state index contributed by atoms with van der Waals surface area (Å²) in [5.41, 5.74) is 0. The summed E-state index contributed by atoms with van der Waals surface area (Å²) in [4.78, 5) is 0. The maximum Gasteiger partial charge on any atom is 0.0567 e. The minimum atomic E-state index is 0.639. The van der Waals surface area contributed by atoms with E-state index < -0.39 is 0 Å². The molecule has 1 unspecified atom stereocenters. The van der Waals surface area contributed by atoms with Gasteiger partial charge in [-0.05, 0) is 25.7 Å². The van der Waals surface area contributed by atoms with Gasteiger partial charge >= 0.3 is 0 Å². The van der Waals surface area contributed by atoms with Gasteiger partial charge in [-0.3, -0.25) is 0 Å². The highest BCUT2D eigenvalue weighted by Gasteiger charge is 2.25. The predicted octanol–water partition coefficient (Wildman–Crippen LogP) is 2.16. The molecule has 1 saturated carbocycles. The molecule has 0 saturated heterocycles. The Hall–Kier alpha value is 0.690. The van der Waals surface area contributed by atoms with Gasteiger partial charge in [0.25, 0.3) is 0 Å². The lowest BCUT2D eigenvalue weighted by Gasteiger charge is -2.34. The van der Waals surface area contributed by atoms with Gasteiger partial charge in [-0.25, -0.2) is 0 Å². The zero-order valence-electron chi connectivity index (χ0n) is 6.02. The molecule has 9 heavy (non-hydrogen) atoms. The third kappa shape index (κ3) is 2.42. The molecule has 0 aliphatic heterocycles. The van der Waals surface area contributed by atoms with Crippen LogP contribution in [0.4, 0.5) is 0 Å². The van der Waals surface area contributed by atoms with E-state index in [0.29, 0.717) is 4.05 Å². The molecule has 1 aliphatic rings. The van der Waals surface area contributed by atoms with Gasteiger partial charge in [0, 0.05) is 6.04 Å². The second kappa shape index (κ2) is 3.19. The SMILES string of the molecule is CC1CC(NC(C)I)C1. The molecule has 1 atom stereocenters. The van der Waals surface area contributed by atoms with Gasteiger partial charge in [0.05, 0.1) is 4.05 Å². The van der Waals surface area contributed by atoms with E-state index in [-0.39, 0.29) is 0 Å². The molecule has 54 valence electrons. The molecule has 0 amide bonds. The number of alkyl halides is 1. The molecule has 0 aromatic carbocycles. The molecule has 0 aromatic rings. The van der Waals surface area contributed by atoms with Gasteiger partial charge < -0.3 is 5.32 Å². The Morgan fingerprint density at radius 2 is 2.11 bits per heavy atom. The van der Waals surface area contributed by atoms with Crippen LogP contribution in [0.1, 0.15) is 26.7 Å². The van der Waals surface area contributed by atoms with Gasteiger partial charge in [-0.15, -0.1) is 0 Å². The van der Waals surface area contributed by atoms with Crippen LogP contribution in [0, 0.1) is 5.92 Å². The van der Waals surface area contributed by atoms with Crippen molar-refractivity contribution in [3.05, 3.63) is 0 Å². The maximum atomic E-state index is 3.50. The van der Waals surface area contributed by atoms with Crippen molar-refractivity contribution in [3.63, 3.8) is 0 Å². The summed E-state index contributed by atoms with van der Waals surface area (Å²) < 4.78 is 0.639. The van der Waals surface area contributed by atoms with Gasteiger partial charge in [0.1, 0.15) is 0 Å². The van der Waals surface area contributed by atoms with Crippen molar-refractivity contribution in [1.82, 2.24) is 5.32 Å². The molecule has 0 spiro atoms. The summed E-state index contributed by atoms with van der Waals surface area (Å²) in [5, 5.41) is 3.50. The molecule has 0 bridgehead atoms. The predicted molar refractivity (Wildman–Crippen MR) is 48.8 cm³/mol. The van der Waals surface area contributed by atoms with Crippen LogP contribution in [0.3, 0.4) is 0 Å². The van der Waals surface area contributed by atoms with Crippen molar-refractivity contribution in [2.75, 3.05) is 0 Å². The smallest absolute Gasteiger partial charge is 0.0567 e. The number of rotatable bonds is 2. The minimum absolute atomic E-state index is 0.639. The molecule has 1 fully saturated rings. The molecule has 0 heterocycles. The highest BCUT2D eigenvalue weighted by atomic mass is 127. The van der Waals surface area contributed by atoms with E-state index in [0.717, 1.165) is 12.0 Å². The summed E-state index contributed by atoms with van der Waals surface area (Å²) in [6.07, 6.45) is 2.76. The Morgan fingerprint density at radius 1 is 1.56 bits per heavy atom. The largest absolute Gasteiger partial charge is 0.303 e. The fourth-order valence-corrected chi connectivity index (χ4v) is 1.87. The van der Waals surface area contributed by atoms with E-state index in [4.69, 9.17) is 0 Å². The molecular formula is C7H14IN. The van der Waals surface area contributed by atoms with Crippen molar-refractivity contribution >= 4 is 22.6 Å². The lowest BCUT2D eigenvalue weighted by Crippen LogP contribution is -2.42. The molecule has 1 N–H and O–H groups in total. The molecule has 0 radical (unpaired) electrons. The fraction of sp³-hybridized carbons (Fsp3) is 1.00. The van der Waals surface area contributed by atoms with Crippen molar-refractivity contribution in [2.45, 2.75) is 36.8 Å². The first-order valence-electron chi connectivity index (χ1n) is 3.58. The average molecular weight is 239 g/mol. The van der Waals surface area contributed by atoms with Gasteiger partial charge in [-0.1, -0.05) is 29.5 Å². The number of halogens is 1. The molecule has 2 heteroatoms. The maximum absolute atomic E-state index is 3.50. The van der Waals surface area contributed by atoms with Crippen LogP contribution >= 0.6 is 22.6 Å². The Balaban J connectivity index is 2.04. The summed E-state index contributed by atoms with van der Waals surface area (Å²) in [6.45, 7) is 4.51. The van der Waals surface area contributed by atoms with E-state index in [1.54, 1.807) is 0 Å². The van der Waals surface area contributed by atoms with E-state index >= 15 is 0 Å². The summed E-state index contributed by atoms with van der Waals surface area (Å²) in [6, 6.07) is 0.826. The van der Waals surface area contributed by atoms with Crippen LogP contribution in [0.2, 0.25) is 0 Å². The van der Waals surface area contributed by atoms with Crippen molar-refractivity contribution < 1.29 is 0 Å².